The summed E-state index contributed by atoms with van der Waals surface area (Å²) in [5.41, 5.74) is 3.15. The molecule has 3 heterocycles. The molecule has 1 N–H and O–H groups in total. The second-order valence-electron chi connectivity index (χ2n) is 9.15. The van der Waals surface area contributed by atoms with E-state index in [9.17, 15) is 9.18 Å². The van der Waals surface area contributed by atoms with E-state index in [2.05, 4.69) is 40.5 Å². The number of amides is 1. The molecular formula is C26H30FN3O. The molecule has 2 aromatic rings. The van der Waals surface area contributed by atoms with Crippen molar-refractivity contribution in [3.63, 3.8) is 0 Å². The van der Waals surface area contributed by atoms with Crippen molar-refractivity contribution >= 4 is 5.91 Å². The van der Waals surface area contributed by atoms with Gasteiger partial charge in [-0.3, -0.25) is 4.79 Å². The number of benzene rings is 2. The Morgan fingerprint density at radius 1 is 1.00 bits per heavy atom. The molecule has 2 fully saturated rings. The van der Waals surface area contributed by atoms with Gasteiger partial charge in [0.05, 0.1) is 6.17 Å². The fourth-order valence-corrected chi connectivity index (χ4v) is 5.29. The predicted octanol–water partition coefficient (Wildman–Crippen LogP) is 4.26. The second kappa shape index (κ2) is 8.74. The van der Waals surface area contributed by atoms with E-state index in [4.69, 9.17) is 0 Å². The van der Waals surface area contributed by atoms with Crippen LogP contribution in [-0.2, 0) is 11.2 Å². The fourth-order valence-electron chi connectivity index (χ4n) is 5.29. The van der Waals surface area contributed by atoms with Gasteiger partial charge in [-0.15, -0.1) is 0 Å². The van der Waals surface area contributed by atoms with Crippen molar-refractivity contribution in [3.05, 3.63) is 83.4 Å². The normalized spacial score (nSPS) is 23.8. The Balaban J connectivity index is 1.17. The van der Waals surface area contributed by atoms with Crippen LogP contribution in [0, 0.1) is 11.7 Å². The Hall–Kier alpha value is -2.82. The van der Waals surface area contributed by atoms with Crippen molar-refractivity contribution in [1.29, 1.82) is 0 Å². The first-order valence-corrected chi connectivity index (χ1v) is 11.5. The summed E-state index contributed by atoms with van der Waals surface area (Å²) in [6.07, 6.45) is 7.34. The first kappa shape index (κ1) is 20.1. The highest BCUT2D eigenvalue weighted by Crippen LogP contribution is 2.33. The number of hydrogen-bond acceptors (Lipinski definition) is 3. The molecule has 4 nitrogen and oxygen atoms in total. The summed E-state index contributed by atoms with van der Waals surface area (Å²) in [5, 5.41) is 3.45. The first-order valence-electron chi connectivity index (χ1n) is 11.5. The number of piperidine rings is 2. The topological polar surface area (TPSA) is 35.6 Å². The largest absolute Gasteiger partial charge is 0.360 e. The van der Waals surface area contributed by atoms with Gasteiger partial charge in [0, 0.05) is 31.8 Å². The Kier molecular flexibility index (Phi) is 5.66. The second-order valence-corrected chi connectivity index (χ2v) is 9.15. The van der Waals surface area contributed by atoms with Crippen molar-refractivity contribution in [2.24, 2.45) is 5.92 Å². The van der Waals surface area contributed by atoms with E-state index in [1.54, 1.807) is 12.1 Å². The molecule has 0 spiro atoms. The molecule has 31 heavy (non-hydrogen) atoms. The number of rotatable bonds is 4. The monoisotopic (exact) mass is 419 g/mol. The van der Waals surface area contributed by atoms with Gasteiger partial charge in [0.1, 0.15) is 11.5 Å². The smallest absolute Gasteiger partial charge is 0.271 e. The molecule has 1 amide bonds. The maximum Gasteiger partial charge on any atom is 0.271 e. The maximum absolute atomic E-state index is 13.6. The van der Waals surface area contributed by atoms with Crippen molar-refractivity contribution < 1.29 is 9.18 Å². The van der Waals surface area contributed by atoms with Crippen LogP contribution < -0.4 is 5.32 Å². The van der Waals surface area contributed by atoms with Gasteiger partial charge >= 0.3 is 0 Å². The minimum Gasteiger partial charge on any atom is -0.360 e. The van der Waals surface area contributed by atoms with E-state index in [0.717, 1.165) is 57.3 Å². The quantitative estimate of drug-likeness (QED) is 0.805. The average molecular weight is 420 g/mol. The number of carbonyl (C=O) groups excluding carboxylic acids is 1. The third kappa shape index (κ3) is 4.46. The zero-order valence-electron chi connectivity index (χ0n) is 17.8. The predicted molar refractivity (Wildman–Crippen MR) is 120 cm³/mol. The van der Waals surface area contributed by atoms with Crippen molar-refractivity contribution in [2.75, 3.05) is 19.6 Å². The van der Waals surface area contributed by atoms with Gasteiger partial charge in [0.2, 0.25) is 0 Å². The minimum atomic E-state index is -0.179. The summed E-state index contributed by atoms with van der Waals surface area (Å²) in [4.78, 5) is 17.4. The number of fused-ring (bicyclic) bond motifs is 1. The van der Waals surface area contributed by atoms with Gasteiger partial charge < -0.3 is 15.1 Å². The Labute approximate surface area is 183 Å². The van der Waals surface area contributed by atoms with Crippen LogP contribution in [-0.4, -0.2) is 41.5 Å². The fraction of sp³-hybridized carbons (Fsp3) is 0.423. The first-order chi connectivity index (χ1) is 15.2. The summed E-state index contributed by atoms with van der Waals surface area (Å²) in [5.74, 6) is 0.889. The Morgan fingerprint density at radius 2 is 1.81 bits per heavy atom. The summed E-state index contributed by atoms with van der Waals surface area (Å²) >= 11 is 0. The number of nitrogens with one attached hydrogen (secondary N) is 1. The zero-order valence-corrected chi connectivity index (χ0v) is 17.8. The molecule has 5 rings (SSSR count). The van der Waals surface area contributed by atoms with E-state index >= 15 is 0 Å². The zero-order chi connectivity index (χ0) is 21.2. The van der Waals surface area contributed by atoms with Crippen molar-refractivity contribution in [1.82, 2.24) is 15.1 Å². The number of halogens is 1. The lowest BCUT2D eigenvalue weighted by Crippen LogP contribution is -2.45. The summed E-state index contributed by atoms with van der Waals surface area (Å²) in [7, 11) is 0. The SMILES string of the molecule is O=C(C1=CN2CC(c3cccc(F)c3)CCC2N1)N1CCC(Cc2ccccc2)CC1. The van der Waals surface area contributed by atoms with Gasteiger partial charge in [-0.05, 0) is 61.3 Å². The van der Waals surface area contributed by atoms with E-state index in [1.165, 1.54) is 11.6 Å². The Morgan fingerprint density at radius 3 is 2.58 bits per heavy atom. The highest BCUT2D eigenvalue weighted by molar-refractivity contribution is 5.93. The van der Waals surface area contributed by atoms with Crippen LogP contribution in [0.15, 0.2) is 66.5 Å². The molecule has 0 radical (unpaired) electrons. The maximum atomic E-state index is 13.6. The van der Waals surface area contributed by atoms with E-state index < -0.39 is 0 Å². The summed E-state index contributed by atoms with van der Waals surface area (Å²) in [6, 6.07) is 17.6. The summed E-state index contributed by atoms with van der Waals surface area (Å²) < 4.78 is 13.6. The van der Waals surface area contributed by atoms with Crippen molar-refractivity contribution in [2.45, 2.75) is 44.2 Å². The van der Waals surface area contributed by atoms with Crippen LogP contribution in [0.5, 0.6) is 0 Å². The van der Waals surface area contributed by atoms with Crippen molar-refractivity contribution in [3.8, 4) is 0 Å². The standard InChI is InChI=1S/C26H30FN3O/c27-23-8-4-7-21(16-23)22-9-10-25-28-24(18-30(25)17-22)26(31)29-13-11-20(12-14-29)15-19-5-2-1-3-6-19/h1-8,16,18,20,22,25,28H,9-15,17H2. The number of carbonyl (C=O) groups is 1. The number of likely N-dealkylation sites (tertiary alicyclic amines) is 1. The molecule has 2 aromatic carbocycles. The van der Waals surface area contributed by atoms with Gasteiger partial charge in [-0.25, -0.2) is 4.39 Å². The molecule has 2 atom stereocenters. The molecule has 3 aliphatic rings. The third-order valence-corrected chi connectivity index (χ3v) is 7.06. The molecule has 0 aliphatic carbocycles. The van der Waals surface area contributed by atoms with Gasteiger partial charge in [-0.1, -0.05) is 42.5 Å². The highest BCUT2D eigenvalue weighted by atomic mass is 19.1. The molecule has 162 valence electrons. The van der Waals surface area contributed by atoms with Gasteiger partial charge in [0.25, 0.3) is 5.91 Å². The number of hydrogen-bond donors (Lipinski definition) is 1. The molecule has 0 saturated carbocycles. The van der Waals surface area contributed by atoms with E-state index in [1.807, 2.05) is 17.2 Å². The average Bonchev–Trinajstić information content (AvgIpc) is 3.23. The highest BCUT2D eigenvalue weighted by Gasteiger charge is 2.35. The minimum absolute atomic E-state index is 0.120. The molecule has 2 saturated heterocycles. The molecular weight excluding hydrogens is 389 g/mol. The molecule has 0 bridgehead atoms. The van der Waals surface area contributed by atoms with Crippen LogP contribution in [0.4, 0.5) is 4.39 Å². The number of nitrogens with zero attached hydrogens (tertiary/aromatic N) is 2. The molecule has 5 heteroatoms. The van der Waals surface area contributed by atoms with Crippen LogP contribution in [0.3, 0.4) is 0 Å². The molecule has 0 aromatic heterocycles. The summed E-state index contributed by atoms with van der Waals surface area (Å²) in [6.45, 7) is 2.47. The van der Waals surface area contributed by atoms with Crippen LogP contribution in [0.2, 0.25) is 0 Å². The van der Waals surface area contributed by atoms with Gasteiger partial charge in [0.15, 0.2) is 0 Å². The lowest BCUT2D eigenvalue weighted by molar-refractivity contribution is -0.128. The third-order valence-electron chi connectivity index (χ3n) is 7.06. The van der Waals surface area contributed by atoms with Gasteiger partial charge in [-0.2, -0.15) is 0 Å². The lowest BCUT2D eigenvalue weighted by atomic mass is 9.90. The van der Waals surface area contributed by atoms with Crippen LogP contribution >= 0.6 is 0 Å². The molecule has 3 aliphatic heterocycles. The van der Waals surface area contributed by atoms with Crippen LogP contribution in [0.25, 0.3) is 0 Å². The van der Waals surface area contributed by atoms with E-state index in [0.29, 0.717) is 17.5 Å². The molecule has 2 unspecified atom stereocenters. The van der Waals surface area contributed by atoms with Crippen LogP contribution in [0.1, 0.15) is 42.7 Å². The lowest BCUT2D eigenvalue weighted by Gasteiger charge is -2.36. The Bertz CT molecular complexity index is 952. The van der Waals surface area contributed by atoms with E-state index in [-0.39, 0.29) is 17.9 Å².